The molecule has 0 aliphatic heterocycles. The predicted octanol–water partition coefficient (Wildman–Crippen LogP) is 3.99. The molecule has 1 aromatic carbocycles. The second kappa shape index (κ2) is 6.83. The van der Waals surface area contributed by atoms with Gasteiger partial charge in [0.05, 0.1) is 0 Å². The first kappa shape index (κ1) is 13.5. The van der Waals surface area contributed by atoms with Crippen molar-refractivity contribution in [1.82, 2.24) is 0 Å². The van der Waals surface area contributed by atoms with Crippen molar-refractivity contribution in [2.24, 2.45) is 0 Å². The minimum absolute atomic E-state index is 0.0374. The Morgan fingerprint density at radius 2 is 1.83 bits per heavy atom. The minimum Gasteiger partial charge on any atom is -0.326 e. The lowest BCUT2D eigenvalue weighted by Gasteiger charge is -2.22. The third-order valence-corrected chi connectivity index (χ3v) is 3.83. The van der Waals surface area contributed by atoms with Crippen LogP contribution in [0.4, 0.5) is 5.69 Å². The molecule has 1 aromatic rings. The molecule has 1 fully saturated rings. The molecule has 98 valence electrons. The van der Waals surface area contributed by atoms with Gasteiger partial charge >= 0.3 is 0 Å². The number of hydrogen-bond donors (Lipinski definition) is 2. The molecule has 0 bridgehead atoms. The Kier molecular flexibility index (Phi) is 5.12. The molecule has 0 atom stereocenters. The van der Waals surface area contributed by atoms with E-state index in [0.717, 1.165) is 11.6 Å². The van der Waals surface area contributed by atoms with Crippen molar-refractivity contribution in [3.05, 3.63) is 29.8 Å². The van der Waals surface area contributed by atoms with E-state index in [1.807, 2.05) is 12.1 Å². The van der Waals surface area contributed by atoms with Crippen LogP contribution >= 0.6 is 12.6 Å². The molecule has 0 heterocycles. The van der Waals surface area contributed by atoms with Crippen molar-refractivity contribution in [2.75, 3.05) is 11.1 Å². The number of carbonyl (C=O) groups excluding carboxylic acids is 1. The fourth-order valence-corrected chi connectivity index (χ4v) is 2.80. The summed E-state index contributed by atoms with van der Waals surface area (Å²) < 4.78 is 0. The van der Waals surface area contributed by atoms with Crippen LogP contribution in [0.15, 0.2) is 24.3 Å². The maximum atomic E-state index is 11.4. The van der Waals surface area contributed by atoms with Crippen molar-refractivity contribution < 1.29 is 4.79 Å². The molecule has 0 unspecified atom stereocenters. The standard InChI is InChI=1S/C15H21NOS/c17-15(10-11-18)16-14-8-6-13(7-9-14)12-4-2-1-3-5-12/h6-9,12,18H,1-5,10-11H2,(H,16,17). The molecule has 0 spiro atoms. The number of anilines is 1. The van der Waals surface area contributed by atoms with E-state index in [2.05, 4.69) is 30.1 Å². The van der Waals surface area contributed by atoms with Crippen LogP contribution in [0, 0.1) is 0 Å². The number of benzene rings is 1. The topological polar surface area (TPSA) is 29.1 Å². The maximum absolute atomic E-state index is 11.4. The van der Waals surface area contributed by atoms with Crippen molar-refractivity contribution in [3.63, 3.8) is 0 Å². The average Bonchev–Trinajstić information content (AvgIpc) is 2.41. The molecule has 0 saturated heterocycles. The van der Waals surface area contributed by atoms with Crippen LogP contribution in [0.2, 0.25) is 0 Å². The number of thiol groups is 1. The zero-order chi connectivity index (χ0) is 12.8. The summed E-state index contributed by atoms with van der Waals surface area (Å²) in [5.74, 6) is 1.35. The normalized spacial score (nSPS) is 16.5. The van der Waals surface area contributed by atoms with Gasteiger partial charge in [0.15, 0.2) is 0 Å². The van der Waals surface area contributed by atoms with E-state index in [1.165, 1.54) is 37.7 Å². The molecule has 1 aliphatic rings. The van der Waals surface area contributed by atoms with E-state index < -0.39 is 0 Å². The van der Waals surface area contributed by atoms with Crippen LogP contribution in [0.25, 0.3) is 0 Å². The van der Waals surface area contributed by atoms with Gasteiger partial charge in [-0.1, -0.05) is 31.4 Å². The molecular formula is C15H21NOS. The summed E-state index contributed by atoms with van der Waals surface area (Å²) in [7, 11) is 0. The summed E-state index contributed by atoms with van der Waals surface area (Å²) in [6.07, 6.45) is 7.18. The van der Waals surface area contributed by atoms with Crippen molar-refractivity contribution in [2.45, 2.75) is 44.4 Å². The van der Waals surface area contributed by atoms with Gasteiger partial charge in [-0.3, -0.25) is 4.79 Å². The lowest BCUT2D eigenvalue weighted by Crippen LogP contribution is -2.11. The Hall–Kier alpha value is -0.960. The first-order valence-electron chi connectivity index (χ1n) is 6.80. The number of rotatable bonds is 4. The van der Waals surface area contributed by atoms with Crippen LogP contribution in [0.5, 0.6) is 0 Å². The third-order valence-electron chi connectivity index (χ3n) is 3.61. The molecule has 2 rings (SSSR count). The summed E-state index contributed by atoms with van der Waals surface area (Å²) >= 11 is 4.05. The maximum Gasteiger partial charge on any atom is 0.225 e. The Balaban J connectivity index is 1.94. The minimum atomic E-state index is 0.0374. The van der Waals surface area contributed by atoms with E-state index in [4.69, 9.17) is 0 Å². The van der Waals surface area contributed by atoms with Crippen LogP contribution in [-0.4, -0.2) is 11.7 Å². The number of nitrogens with one attached hydrogen (secondary N) is 1. The van der Waals surface area contributed by atoms with Crippen LogP contribution in [0.3, 0.4) is 0 Å². The molecule has 1 amide bonds. The fourth-order valence-electron chi connectivity index (χ4n) is 2.60. The second-order valence-corrected chi connectivity index (χ2v) is 5.43. The molecule has 1 N–H and O–H groups in total. The van der Waals surface area contributed by atoms with Gasteiger partial charge in [0.2, 0.25) is 5.91 Å². The molecule has 2 nitrogen and oxygen atoms in total. The lowest BCUT2D eigenvalue weighted by molar-refractivity contribution is -0.115. The molecule has 1 aliphatic carbocycles. The summed E-state index contributed by atoms with van der Waals surface area (Å²) in [5.41, 5.74) is 2.31. The smallest absolute Gasteiger partial charge is 0.225 e. The Morgan fingerprint density at radius 3 is 2.44 bits per heavy atom. The van der Waals surface area contributed by atoms with Crippen LogP contribution in [-0.2, 0) is 4.79 Å². The van der Waals surface area contributed by atoms with E-state index in [9.17, 15) is 4.79 Å². The van der Waals surface area contributed by atoms with Crippen molar-refractivity contribution in [1.29, 1.82) is 0 Å². The van der Waals surface area contributed by atoms with Gasteiger partial charge in [-0.2, -0.15) is 12.6 Å². The number of hydrogen-bond acceptors (Lipinski definition) is 2. The first-order valence-corrected chi connectivity index (χ1v) is 7.43. The predicted molar refractivity (Wildman–Crippen MR) is 79.4 cm³/mol. The summed E-state index contributed by atoms with van der Waals surface area (Å²) in [4.78, 5) is 11.4. The number of amides is 1. The Labute approximate surface area is 115 Å². The van der Waals surface area contributed by atoms with Gasteiger partial charge in [0, 0.05) is 12.1 Å². The monoisotopic (exact) mass is 263 g/mol. The van der Waals surface area contributed by atoms with Crippen LogP contribution < -0.4 is 5.32 Å². The van der Waals surface area contributed by atoms with Gasteiger partial charge in [0.1, 0.15) is 0 Å². The van der Waals surface area contributed by atoms with E-state index >= 15 is 0 Å². The second-order valence-electron chi connectivity index (χ2n) is 4.98. The van der Waals surface area contributed by atoms with Crippen molar-refractivity contribution in [3.8, 4) is 0 Å². The SMILES string of the molecule is O=C(CCS)Nc1ccc(C2CCCCC2)cc1. The van der Waals surface area contributed by atoms with Gasteiger partial charge in [0.25, 0.3) is 0 Å². The largest absolute Gasteiger partial charge is 0.326 e. The highest BCUT2D eigenvalue weighted by Gasteiger charge is 2.15. The molecule has 0 aromatic heterocycles. The van der Waals surface area contributed by atoms with E-state index in [0.29, 0.717) is 12.2 Å². The van der Waals surface area contributed by atoms with Gasteiger partial charge in [-0.05, 0) is 42.2 Å². The van der Waals surface area contributed by atoms with Gasteiger partial charge in [-0.15, -0.1) is 0 Å². The van der Waals surface area contributed by atoms with E-state index in [1.54, 1.807) is 0 Å². The molecule has 18 heavy (non-hydrogen) atoms. The Morgan fingerprint density at radius 1 is 1.17 bits per heavy atom. The van der Waals surface area contributed by atoms with Crippen LogP contribution in [0.1, 0.15) is 50.0 Å². The van der Waals surface area contributed by atoms with Gasteiger partial charge < -0.3 is 5.32 Å². The Bertz CT molecular complexity index is 382. The summed E-state index contributed by atoms with van der Waals surface area (Å²) in [6.45, 7) is 0. The van der Waals surface area contributed by atoms with E-state index in [-0.39, 0.29) is 5.91 Å². The average molecular weight is 263 g/mol. The molecule has 3 heteroatoms. The highest BCUT2D eigenvalue weighted by Crippen LogP contribution is 2.32. The van der Waals surface area contributed by atoms with Gasteiger partial charge in [-0.25, -0.2) is 0 Å². The zero-order valence-corrected chi connectivity index (χ0v) is 11.6. The quantitative estimate of drug-likeness (QED) is 0.790. The molecule has 0 radical (unpaired) electrons. The first-order chi connectivity index (χ1) is 8.79. The highest BCUT2D eigenvalue weighted by atomic mass is 32.1. The summed E-state index contributed by atoms with van der Waals surface area (Å²) in [5, 5.41) is 2.89. The number of carbonyl (C=O) groups is 1. The zero-order valence-electron chi connectivity index (χ0n) is 10.7. The lowest BCUT2D eigenvalue weighted by atomic mass is 9.84. The van der Waals surface area contributed by atoms with Crippen molar-refractivity contribution >= 4 is 24.2 Å². The highest BCUT2D eigenvalue weighted by molar-refractivity contribution is 7.80. The molecular weight excluding hydrogens is 242 g/mol. The third kappa shape index (κ3) is 3.77. The molecule has 1 saturated carbocycles. The summed E-state index contributed by atoms with van der Waals surface area (Å²) in [6, 6.07) is 8.35. The fraction of sp³-hybridized carbons (Fsp3) is 0.533.